The minimum absolute atomic E-state index is 0.570. The van der Waals surface area contributed by atoms with Crippen LogP contribution in [-0.4, -0.2) is 28.0 Å². The molecule has 0 atom stereocenters. The number of methoxy groups -OCH3 is 1. The molecule has 0 bridgehead atoms. The van der Waals surface area contributed by atoms with Crippen LogP contribution in [-0.2, 0) is 9.53 Å². The third-order valence-electron chi connectivity index (χ3n) is 1.77. The number of esters is 1. The Morgan fingerprint density at radius 1 is 1.53 bits per heavy atom. The monoisotopic (exact) mass is 201 g/mol. The van der Waals surface area contributed by atoms with Gasteiger partial charge in [0.2, 0.25) is 0 Å². The van der Waals surface area contributed by atoms with E-state index in [2.05, 4.69) is 31.5 Å². The summed E-state index contributed by atoms with van der Waals surface area (Å²) in [6, 6.07) is 1.77. The maximum Gasteiger partial charge on any atom is 0.384 e. The zero-order valence-corrected chi connectivity index (χ0v) is 7.94. The van der Waals surface area contributed by atoms with Gasteiger partial charge < -0.3 is 9.72 Å². The normalized spacial score (nSPS) is 9.40. The molecule has 5 nitrogen and oxygen atoms in total. The summed E-state index contributed by atoms with van der Waals surface area (Å²) in [6.07, 6.45) is 3.11. The number of hydrogen-bond acceptors (Lipinski definition) is 4. The van der Waals surface area contributed by atoms with Crippen molar-refractivity contribution in [2.45, 2.75) is 0 Å². The second-order valence-electron chi connectivity index (χ2n) is 2.74. The van der Waals surface area contributed by atoms with Crippen molar-refractivity contribution in [3.63, 3.8) is 0 Å². The molecule has 5 heteroatoms. The molecule has 0 unspecified atom stereocenters. The van der Waals surface area contributed by atoms with Crippen LogP contribution in [0.3, 0.4) is 0 Å². The lowest BCUT2D eigenvalue weighted by Gasteiger charge is -1.89. The first kappa shape index (κ1) is 9.21. The fourth-order valence-corrected chi connectivity index (χ4v) is 1.07. The molecule has 0 fully saturated rings. The van der Waals surface area contributed by atoms with Gasteiger partial charge in [-0.1, -0.05) is 5.92 Å². The van der Waals surface area contributed by atoms with Crippen LogP contribution in [0.15, 0.2) is 18.6 Å². The number of rotatable bonds is 0. The van der Waals surface area contributed by atoms with E-state index in [-0.39, 0.29) is 0 Å². The molecule has 2 heterocycles. The number of nitrogens with one attached hydrogen (secondary N) is 1. The number of H-pyrrole nitrogens is 1. The standard InChI is InChI=1S/C10H7N3O2/c1-15-9(14)3-2-7-4-8-10(11-5-7)13-6-12-8/h4-6H,1H3,(H,11,12,13). The molecule has 2 aromatic heterocycles. The van der Waals surface area contributed by atoms with E-state index in [9.17, 15) is 4.79 Å². The number of fused-ring (bicyclic) bond motifs is 1. The number of carbonyl (C=O) groups excluding carboxylic acids is 1. The fourth-order valence-electron chi connectivity index (χ4n) is 1.07. The Balaban J connectivity index is 2.35. The summed E-state index contributed by atoms with van der Waals surface area (Å²) in [5.41, 5.74) is 2.04. The van der Waals surface area contributed by atoms with Crippen LogP contribution in [0.1, 0.15) is 5.56 Å². The van der Waals surface area contributed by atoms with E-state index in [0.29, 0.717) is 11.2 Å². The van der Waals surface area contributed by atoms with Crippen molar-refractivity contribution in [3.8, 4) is 11.8 Å². The third-order valence-corrected chi connectivity index (χ3v) is 1.77. The van der Waals surface area contributed by atoms with Crippen molar-refractivity contribution < 1.29 is 9.53 Å². The molecule has 0 aliphatic rings. The number of aromatic amines is 1. The molecule has 74 valence electrons. The molecular weight excluding hydrogens is 194 g/mol. The van der Waals surface area contributed by atoms with Crippen LogP contribution in [0.25, 0.3) is 11.2 Å². The Morgan fingerprint density at radius 3 is 3.20 bits per heavy atom. The van der Waals surface area contributed by atoms with E-state index in [1.807, 2.05) is 0 Å². The first-order valence-electron chi connectivity index (χ1n) is 4.18. The number of hydrogen-bond donors (Lipinski definition) is 1. The number of nitrogens with zero attached hydrogens (tertiary/aromatic N) is 2. The van der Waals surface area contributed by atoms with Crippen LogP contribution >= 0.6 is 0 Å². The maximum absolute atomic E-state index is 10.8. The van der Waals surface area contributed by atoms with Gasteiger partial charge in [0.1, 0.15) is 0 Å². The number of pyridine rings is 1. The van der Waals surface area contributed by atoms with Gasteiger partial charge in [-0.2, -0.15) is 0 Å². The zero-order valence-electron chi connectivity index (χ0n) is 7.94. The molecule has 2 rings (SSSR count). The zero-order chi connectivity index (χ0) is 10.7. The quantitative estimate of drug-likeness (QED) is 0.497. The molecule has 15 heavy (non-hydrogen) atoms. The van der Waals surface area contributed by atoms with Gasteiger partial charge in [-0.3, -0.25) is 0 Å². The minimum Gasteiger partial charge on any atom is -0.459 e. The van der Waals surface area contributed by atoms with Gasteiger partial charge in [-0.05, 0) is 6.07 Å². The van der Waals surface area contributed by atoms with E-state index in [4.69, 9.17) is 0 Å². The predicted molar refractivity (Wildman–Crippen MR) is 52.8 cm³/mol. The van der Waals surface area contributed by atoms with Gasteiger partial charge in [-0.15, -0.1) is 0 Å². The van der Waals surface area contributed by atoms with Crippen molar-refractivity contribution in [1.29, 1.82) is 0 Å². The van der Waals surface area contributed by atoms with Crippen molar-refractivity contribution in [2.24, 2.45) is 0 Å². The summed E-state index contributed by atoms with van der Waals surface area (Å²) in [6.45, 7) is 0. The van der Waals surface area contributed by atoms with Crippen LogP contribution in [0, 0.1) is 11.8 Å². The Bertz CT molecular complexity index is 563. The van der Waals surface area contributed by atoms with Crippen LogP contribution in [0.2, 0.25) is 0 Å². The third kappa shape index (κ3) is 1.94. The molecule has 2 aromatic rings. The Kier molecular flexibility index (Phi) is 2.33. The van der Waals surface area contributed by atoms with Gasteiger partial charge in [0.05, 0.1) is 19.0 Å². The largest absolute Gasteiger partial charge is 0.459 e. The van der Waals surface area contributed by atoms with Crippen molar-refractivity contribution in [3.05, 3.63) is 24.2 Å². The highest BCUT2D eigenvalue weighted by Crippen LogP contribution is 2.06. The highest BCUT2D eigenvalue weighted by atomic mass is 16.5. The van der Waals surface area contributed by atoms with Gasteiger partial charge in [0, 0.05) is 17.7 Å². The van der Waals surface area contributed by atoms with Crippen LogP contribution in [0.5, 0.6) is 0 Å². The van der Waals surface area contributed by atoms with E-state index in [1.165, 1.54) is 7.11 Å². The molecule has 0 saturated carbocycles. The summed E-state index contributed by atoms with van der Waals surface area (Å²) >= 11 is 0. The smallest absolute Gasteiger partial charge is 0.384 e. The van der Waals surface area contributed by atoms with Gasteiger partial charge in [-0.25, -0.2) is 14.8 Å². The lowest BCUT2D eigenvalue weighted by Crippen LogP contribution is -1.94. The second-order valence-corrected chi connectivity index (χ2v) is 2.74. The average molecular weight is 201 g/mol. The van der Waals surface area contributed by atoms with Crippen molar-refractivity contribution in [2.75, 3.05) is 7.11 Å². The Morgan fingerprint density at radius 2 is 2.40 bits per heavy atom. The molecule has 0 amide bonds. The highest BCUT2D eigenvalue weighted by Gasteiger charge is 1.97. The average Bonchev–Trinajstić information content (AvgIpc) is 2.72. The fraction of sp³-hybridized carbons (Fsp3) is 0.100. The molecule has 0 saturated heterocycles. The lowest BCUT2D eigenvalue weighted by atomic mass is 10.3. The van der Waals surface area contributed by atoms with E-state index in [0.717, 1.165) is 5.52 Å². The van der Waals surface area contributed by atoms with Crippen molar-refractivity contribution in [1.82, 2.24) is 15.0 Å². The Labute approximate surface area is 85.5 Å². The summed E-state index contributed by atoms with van der Waals surface area (Å²) in [5.74, 6) is 4.39. The molecule has 0 aromatic carbocycles. The SMILES string of the molecule is COC(=O)C#Cc1cnc2nc[nH]c2c1. The summed E-state index contributed by atoms with van der Waals surface area (Å²) < 4.78 is 4.39. The van der Waals surface area contributed by atoms with E-state index >= 15 is 0 Å². The van der Waals surface area contributed by atoms with Gasteiger partial charge >= 0.3 is 5.97 Å². The molecule has 0 radical (unpaired) electrons. The first-order chi connectivity index (χ1) is 7.29. The number of ether oxygens (including phenoxy) is 1. The van der Waals surface area contributed by atoms with Gasteiger partial charge in [0.15, 0.2) is 5.65 Å². The first-order valence-corrected chi connectivity index (χ1v) is 4.18. The van der Waals surface area contributed by atoms with E-state index in [1.54, 1.807) is 18.6 Å². The summed E-state index contributed by atoms with van der Waals surface area (Å²) in [7, 11) is 1.29. The second kappa shape index (κ2) is 3.80. The predicted octanol–water partition coefficient (Wildman–Crippen LogP) is 0.482. The number of carbonyl (C=O) groups is 1. The molecule has 0 aliphatic carbocycles. The highest BCUT2D eigenvalue weighted by molar-refractivity contribution is 5.89. The topological polar surface area (TPSA) is 67.9 Å². The summed E-state index contributed by atoms with van der Waals surface area (Å²) in [5, 5.41) is 0. The van der Waals surface area contributed by atoms with Crippen molar-refractivity contribution >= 4 is 17.1 Å². The molecular formula is C10H7N3O2. The molecule has 1 N–H and O–H groups in total. The molecule has 0 spiro atoms. The lowest BCUT2D eigenvalue weighted by molar-refractivity contribution is -0.133. The van der Waals surface area contributed by atoms with Crippen LogP contribution in [0.4, 0.5) is 0 Å². The van der Waals surface area contributed by atoms with Crippen LogP contribution < -0.4 is 0 Å². The Hall–Kier alpha value is -2.35. The van der Waals surface area contributed by atoms with E-state index < -0.39 is 5.97 Å². The van der Waals surface area contributed by atoms with Gasteiger partial charge in [0.25, 0.3) is 0 Å². The molecule has 0 aliphatic heterocycles. The minimum atomic E-state index is -0.570. The number of aromatic nitrogens is 3. The maximum atomic E-state index is 10.8. The number of imidazole rings is 1. The summed E-state index contributed by atoms with van der Waals surface area (Å²) in [4.78, 5) is 21.7.